The number of hydrogen-bond acceptors (Lipinski definition) is 6. The Kier molecular flexibility index (Phi) is 10.2. The molecule has 0 aliphatic carbocycles. The largest absolute Gasteiger partial charge is 0.462 e. The van der Waals surface area contributed by atoms with Crippen molar-refractivity contribution in [2.24, 2.45) is 0 Å². The van der Waals surface area contributed by atoms with Gasteiger partial charge in [-0.05, 0) is 67.6 Å². The third kappa shape index (κ3) is 8.52. The topological polar surface area (TPSA) is 91.1 Å². The number of ether oxygens (including phenoxy) is 3. The maximum absolute atomic E-state index is 11.9. The number of anilines is 1. The van der Waals surface area contributed by atoms with Crippen molar-refractivity contribution in [2.45, 2.75) is 39.0 Å². The van der Waals surface area contributed by atoms with Crippen molar-refractivity contribution >= 4 is 23.6 Å². The lowest BCUT2D eigenvalue weighted by Crippen LogP contribution is -2.34. The number of nitrogens with zero attached hydrogens (tertiary/aromatic N) is 1. The molecule has 1 saturated heterocycles. The summed E-state index contributed by atoms with van der Waals surface area (Å²) in [5, 5.41) is 0. The van der Waals surface area contributed by atoms with Gasteiger partial charge in [-0.3, -0.25) is 4.79 Å². The van der Waals surface area contributed by atoms with Crippen molar-refractivity contribution in [2.75, 3.05) is 32.2 Å². The average molecular weight is 479 g/mol. The monoisotopic (exact) mass is 478 g/mol. The van der Waals surface area contributed by atoms with Crippen LogP contribution in [0.15, 0.2) is 60.7 Å². The highest BCUT2D eigenvalue weighted by Gasteiger charge is 2.13. The molecule has 0 saturated carbocycles. The van der Waals surface area contributed by atoms with Crippen molar-refractivity contribution in [1.29, 1.82) is 0 Å². The molecule has 2 aromatic carbocycles. The summed E-state index contributed by atoms with van der Waals surface area (Å²) in [6.07, 6.45) is 12.6. The van der Waals surface area contributed by atoms with Crippen LogP contribution < -0.4 is 15.2 Å². The second-order valence-corrected chi connectivity index (χ2v) is 8.33. The van der Waals surface area contributed by atoms with E-state index in [1.807, 2.05) is 35.3 Å². The number of carbonyl (C=O) groups is 2. The Bertz CT molecular complexity index is 1020. The number of likely N-dealkylation sites (tertiary alicyclic amines) is 1. The zero-order chi connectivity index (χ0) is 24.9. The minimum Gasteiger partial charge on any atom is -0.462 e. The number of allylic oxidation sites excluding steroid dienone is 2. The summed E-state index contributed by atoms with van der Waals surface area (Å²) in [6.45, 7) is 4.59. The normalized spacial score (nSPS) is 14.6. The van der Waals surface area contributed by atoms with Crippen molar-refractivity contribution < 1.29 is 23.8 Å². The molecule has 2 heterocycles. The number of piperidine rings is 1. The standard InChI is InChI=1S/C17H19NO3.C11H15NO2/c19-17(18-10-4-1-5-11-18)7-3-2-6-14-8-9-15-16(12-14)21-13-20-15;1-2-3-8-14-11(13)9-4-6-10(12)7-5-9/h2-3,6-9,12H,1,4-5,10-11,13H2;4-7H,2-3,8,12H2,1H3/b6-2+,7-3+;. The molecule has 2 N–H and O–H groups in total. The second-order valence-electron chi connectivity index (χ2n) is 8.33. The first-order valence-corrected chi connectivity index (χ1v) is 12.1. The molecule has 0 atom stereocenters. The van der Waals surface area contributed by atoms with Crippen molar-refractivity contribution in [1.82, 2.24) is 4.90 Å². The van der Waals surface area contributed by atoms with Crippen molar-refractivity contribution in [3.8, 4) is 11.5 Å². The van der Waals surface area contributed by atoms with Gasteiger partial charge in [-0.1, -0.05) is 37.6 Å². The minimum atomic E-state index is -0.279. The van der Waals surface area contributed by atoms with Gasteiger partial charge in [0, 0.05) is 24.9 Å². The van der Waals surface area contributed by atoms with Crippen LogP contribution in [0.1, 0.15) is 54.9 Å². The smallest absolute Gasteiger partial charge is 0.338 e. The molecule has 2 aliphatic heterocycles. The number of rotatable bonds is 7. The van der Waals surface area contributed by atoms with Gasteiger partial charge in [-0.2, -0.15) is 0 Å². The van der Waals surface area contributed by atoms with Crippen molar-refractivity contribution in [3.63, 3.8) is 0 Å². The number of nitrogens with two attached hydrogens (primary N) is 1. The van der Waals surface area contributed by atoms with Crippen LogP contribution in [-0.4, -0.2) is 43.3 Å². The molecule has 0 radical (unpaired) electrons. The third-order valence-corrected chi connectivity index (χ3v) is 5.58. The van der Waals surface area contributed by atoms with E-state index in [1.165, 1.54) is 6.42 Å². The molecule has 0 unspecified atom stereocenters. The van der Waals surface area contributed by atoms with Gasteiger partial charge in [0.2, 0.25) is 12.7 Å². The number of benzene rings is 2. The third-order valence-electron chi connectivity index (χ3n) is 5.58. The fourth-order valence-electron chi connectivity index (χ4n) is 3.55. The molecule has 7 nitrogen and oxygen atoms in total. The van der Waals surface area contributed by atoms with Gasteiger partial charge in [0.25, 0.3) is 0 Å². The lowest BCUT2D eigenvalue weighted by Gasteiger charge is -2.25. The summed E-state index contributed by atoms with van der Waals surface area (Å²) in [4.78, 5) is 25.2. The van der Waals surface area contributed by atoms with Gasteiger partial charge >= 0.3 is 5.97 Å². The Hall–Kier alpha value is -3.74. The number of amides is 1. The lowest BCUT2D eigenvalue weighted by molar-refractivity contribution is -0.126. The molecule has 186 valence electrons. The van der Waals surface area contributed by atoms with Crippen LogP contribution in [0.5, 0.6) is 11.5 Å². The molecule has 0 bridgehead atoms. The fraction of sp³-hybridized carbons (Fsp3) is 0.357. The van der Waals surface area contributed by atoms with E-state index >= 15 is 0 Å². The molecular formula is C28H34N2O5. The van der Waals surface area contributed by atoms with Crippen LogP contribution in [0.2, 0.25) is 0 Å². The summed E-state index contributed by atoms with van der Waals surface area (Å²) < 4.78 is 15.6. The van der Waals surface area contributed by atoms with Crippen LogP contribution in [0, 0.1) is 0 Å². The van der Waals surface area contributed by atoms with E-state index < -0.39 is 0 Å². The Morgan fingerprint density at radius 3 is 2.49 bits per heavy atom. The zero-order valence-corrected chi connectivity index (χ0v) is 20.3. The van der Waals surface area contributed by atoms with E-state index in [2.05, 4.69) is 6.92 Å². The Balaban J connectivity index is 0.000000214. The molecule has 2 aliphatic rings. The molecule has 4 rings (SSSR count). The van der Waals surface area contributed by atoms with Gasteiger partial charge in [-0.25, -0.2) is 4.79 Å². The van der Waals surface area contributed by atoms with E-state index in [4.69, 9.17) is 19.9 Å². The minimum absolute atomic E-state index is 0.102. The molecule has 0 spiro atoms. The quantitative estimate of drug-likeness (QED) is 0.193. The van der Waals surface area contributed by atoms with Crippen LogP contribution in [0.3, 0.4) is 0 Å². The van der Waals surface area contributed by atoms with Gasteiger partial charge in [0.05, 0.1) is 12.2 Å². The van der Waals surface area contributed by atoms with E-state index in [-0.39, 0.29) is 18.7 Å². The first kappa shape index (κ1) is 25.9. The maximum Gasteiger partial charge on any atom is 0.338 e. The summed E-state index contributed by atoms with van der Waals surface area (Å²) >= 11 is 0. The van der Waals surface area contributed by atoms with Crippen LogP contribution in [0.25, 0.3) is 6.08 Å². The van der Waals surface area contributed by atoms with Gasteiger partial charge < -0.3 is 24.8 Å². The highest BCUT2D eigenvalue weighted by Crippen LogP contribution is 2.32. The predicted octanol–water partition coefficient (Wildman–Crippen LogP) is 5.22. The zero-order valence-electron chi connectivity index (χ0n) is 20.3. The fourth-order valence-corrected chi connectivity index (χ4v) is 3.55. The first-order valence-electron chi connectivity index (χ1n) is 12.1. The molecule has 1 fully saturated rings. The Morgan fingerprint density at radius 2 is 1.74 bits per heavy atom. The van der Waals surface area contributed by atoms with Gasteiger partial charge in [0.1, 0.15) is 0 Å². The van der Waals surface area contributed by atoms with Gasteiger partial charge in [0.15, 0.2) is 11.5 Å². The van der Waals surface area contributed by atoms with E-state index in [1.54, 1.807) is 36.4 Å². The molecule has 7 heteroatoms. The second kappa shape index (κ2) is 13.8. The summed E-state index contributed by atoms with van der Waals surface area (Å²) in [7, 11) is 0. The SMILES string of the molecule is CCCCOC(=O)c1ccc(N)cc1.O=C(/C=C/C=C/c1ccc2c(c1)OCO2)N1CCCCC1. The number of nitrogen functional groups attached to an aromatic ring is 1. The molecule has 35 heavy (non-hydrogen) atoms. The summed E-state index contributed by atoms with van der Waals surface area (Å²) in [5.41, 5.74) is 7.72. The maximum atomic E-state index is 11.9. The number of hydrogen-bond donors (Lipinski definition) is 1. The van der Waals surface area contributed by atoms with Crippen LogP contribution >= 0.6 is 0 Å². The molecule has 2 aromatic rings. The first-order chi connectivity index (χ1) is 17.1. The molecular weight excluding hydrogens is 444 g/mol. The summed E-state index contributed by atoms with van der Waals surface area (Å²) in [6, 6.07) is 12.5. The Morgan fingerprint density at radius 1 is 1.00 bits per heavy atom. The highest BCUT2D eigenvalue weighted by molar-refractivity contribution is 5.89. The number of esters is 1. The lowest BCUT2D eigenvalue weighted by atomic mass is 10.1. The average Bonchev–Trinajstić information content (AvgIpc) is 3.36. The molecule has 0 aromatic heterocycles. The summed E-state index contributed by atoms with van der Waals surface area (Å²) in [5.74, 6) is 1.37. The Labute approximate surface area is 207 Å². The number of unbranched alkanes of at least 4 members (excludes halogenated alkanes) is 1. The van der Waals surface area contributed by atoms with E-state index in [0.29, 0.717) is 17.9 Å². The number of carbonyl (C=O) groups excluding carboxylic acids is 2. The van der Waals surface area contributed by atoms with Crippen LogP contribution in [0.4, 0.5) is 5.69 Å². The molecule has 1 amide bonds. The highest BCUT2D eigenvalue weighted by atomic mass is 16.7. The predicted molar refractivity (Wildman–Crippen MR) is 137 cm³/mol. The number of fused-ring (bicyclic) bond motifs is 1. The van der Waals surface area contributed by atoms with Crippen molar-refractivity contribution in [3.05, 3.63) is 71.8 Å². The van der Waals surface area contributed by atoms with Gasteiger partial charge in [-0.15, -0.1) is 0 Å². The van der Waals surface area contributed by atoms with Crippen LogP contribution in [-0.2, 0) is 9.53 Å². The van der Waals surface area contributed by atoms with E-state index in [9.17, 15) is 9.59 Å². The van der Waals surface area contributed by atoms with E-state index in [0.717, 1.165) is 55.8 Å².